The number of carbonyl (C=O) groups is 3. The summed E-state index contributed by atoms with van der Waals surface area (Å²) >= 11 is 1.52. The van der Waals surface area contributed by atoms with Crippen LogP contribution in [-0.2, 0) is 9.59 Å². The van der Waals surface area contributed by atoms with Crippen LogP contribution in [0.1, 0.15) is 23.9 Å². The van der Waals surface area contributed by atoms with Crippen LogP contribution in [0.3, 0.4) is 0 Å². The number of benzene rings is 1. The first-order valence-corrected chi connectivity index (χ1v) is 9.50. The van der Waals surface area contributed by atoms with E-state index in [1.807, 2.05) is 24.3 Å². The van der Waals surface area contributed by atoms with Crippen molar-refractivity contribution < 1.29 is 32.5 Å². The fourth-order valence-corrected chi connectivity index (χ4v) is 4.81. The van der Waals surface area contributed by atoms with E-state index in [1.54, 1.807) is 0 Å². The van der Waals surface area contributed by atoms with Crippen molar-refractivity contribution >= 4 is 39.4 Å². The number of nitrogens with one attached hydrogen (secondary N) is 1. The summed E-state index contributed by atoms with van der Waals surface area (Å²) in [6.07, 6.45) is -3.15. The number of urea groups is 1. The number of carbonyl (C=O) groups excluding carboxylic acids is 3. The zero-order chi connectivity index (χ0) is 20.1. The van der Waals surface area contributed by atoms with Crippen LogP contribution in [0.4, 0.5) is 18.0 Å². The molecule has 11 heteroatoms. The minimum atomic E-state index is -4.76. The number of imide groups is 2. The number of hydrogen-bond donors (Lipinski definition) is 1. The smallest absolute Gasteiger partial charge is 0.309 e. The maximum absolute atomic E-state index is 12.6. The highest BCUT2D eigenvalue weighted by Gasteiger charge is 2.51. The topological polar surface area (TPSA) is 75.0 Å². The zero-order valence-corrected chi connectivity index (χ0v) is 15.3. The largest absolute Gasteiger partial charge is 0.406 e. The van der Waals surface area contributed by atoms with E-state index in [2.05, 4.69) is 4.98 Å². The highest BCUT2D eigenvalue weighted by atomic mass is 32.1. The molecule has 0 saturated carbocycles. The number of aromatic nitrogens is 1. The van der Waals surface area contributed by atoms with Crippen LogP contribution >= 0.6 is 11.3 Å². The van der Waals surface area contributed by atoms with E-state index in [1.165, 1.54) is 11.3 Å². The zero-order valence-electron chi connectivity index (χ0n) is 14.5. The molecule has 0 aliphatic carbocycles. The predicted octanol–water partition coefficient (Wildman–Crippen LogP) is 1.33. The van der Waals surface area contributed by atoms with E-state index in [0.717, 1.165) is 33.0 Å². The van der Waals surface area contributed by atoms with Gasteiger partial charge in [-0.2, -0.15) is 13.2 Å². The summed E-state index contributed by atoms with van der Waals surface area (Å²) in [5, 5.41) is 0.853. The van der Waals surface area contributed by atoms with Crippen LogP contribution in [0.2, 0.25) is 0 Å². The highest BCUT2D eigenvalue weighted by molar-refractivity contribution is 7.18. The summed E-state index contributed by atoms with van der Waals surface area (Å²) in [4.78, 5) is 42.2. The molecule has 2 aromatic rings. The SMILES string of the molecule is O=C1C(=O)N(CC(F)(F)F)C(=O)N1C[NH+]1CCC[C@H]1c1nc2ccccc2s1. The number of rotatable bonds is 4. The van der Waals surface area contributed by atoms with Gasteiger partial charge in [0.1, 0.15) is 12.6 Å². The molecule has 28 heavy (non-hydrogen) atoms. The average Bonchev–Trinajstić information content (AvgIpc) is 3.31. The van der Waals surface area contributed by atoms with Gasteiger partial charge in [0.15, 0.2) is 11.7 Å². The molecule has 1 aromatic carbocycles. The molecule has 148 valence electrons. The lowest BCUT2D eigenvalue weighted by atomic mass is 10.2. The van der Waals surface area contributed by atoms with E-state index < -0.39 is 30.6 Å². The number of alkyl halides is 3. The van der Waals surface area contributed by atoms with Gasteiger partial charge in [-0.05, 0) is 12.1 Å². The van der Waals surface area contributed by atoms with E-state index in [9.17, 15) is 27.6 Å². The van der Waals surface area contributed by atoms with Crippen LogP contribution < -0.4 is 4.90 Å². The summed E-state index contributed by atoms with van der Waals surface area (Å²) in [5.74, 6) is -2.64. The number of nitrogens with zero attached hydrogens (tertiary/aromatic N) is 3. The predicted molar refractivity (Wildman–Crippen MR) is 92.3 cm³/mol. The lowest BCUT2D eigenvalue weighted by Gasteiger charge is -2.24. The first-order valence-electron chi connectivity index (χ1n) is 8.69. The van der Waals surface area contributed by atoms with Gasteiger partial charge in [0.05, 0.1) is 16.8 Å². The van der Waals surface area contributed by atoms with Crippen LogP contribution in [0.25, 0.3) is 10.2 Å². The molecule has 2 atom stereocenters. The van der Waals surface area contributed by atoms with Gasteiger partial charge >= 0.3 is 24.0 Å². The molecule has 1 aromatic heterocycles. The monoisotopic (exact) mass is 413 g/mol. The van der Waals surface area contributed by atoms with Gasteiger partial charge in [-0.3, -0.25) is 9.59 Å². The second-order valence-electron chi connectivity index (χ2n) is 6.80. The van der Waals surface area contributed by atoms with E-state index >= 15 is 0 Å². The Balaban J connectivity index is 1.53. The Morgan fingerprint density at radius 3 is 2.57 bits per heavy atom. The second kappa shape index (κ2) is 6.82. The number of halogens is 3. The van der Waals surface area contributed by atoms with Gasteiger partial charge in [0, 0.05) is 12.8 Å². The molecule has 1 N–H and O–H groups in total. The third kappa shape index (κ3) is 3.35. The Morgan fingerprint density at radius 2 is 1.86 bits per heavy atom. The van der Waals surface area contributed by atoms with Crippen molar-refractivity contribution in [3.8, 4) is 0 Å². The van der Waals surface area contributed by atoms with Gasteiger partial charge < -0.3 is 4.90 Å². The molecule has 0 bridgehead atoms. The van der Waals surface area contributed by atoms with Gasteiger partial charge in [-0.25, -0.2) is 19.6 Å². The minimum absolute atomic E-state index is 0.0372. The lowest BCUT2D eigenvalue weighted by Crippen LogP contribution is -3.12. The quantitative estimate of drug-likeness (QED) is 0.606. The molecule has 0 radical (unpaired) electrons. The summed E-state index contributed by atoms with van der Waals surface area (Å²) < 4.78 is 38.8. The number of likely N-dealkylation sites (tertiary alicyclic amines) is 1. The molecule has 0 spiro atoms. The number of fused-ring (bicyclic) bond motifs is 1. The van der Waals surface area contributed by atoms with Crippen LogP contribution in [0.5, 0.6) is 0 Å². The van der Waals surface area contributed by atoms with Crippen LogP contribution in [-0.4, -0.2) is 58.6 Å². The molecule has 2 aliphatic heterocycles. The Bertz CT molecular complexity index is 928. The van der Waals surface area contributed by atoms with Crippen LogP contribution in [0, 0.1) is 0 Å². The fraction of sp³-hybridized carbons (Fsp3) is 0.412. The lowest BCUT2D eigenvalue weighted by molar-refractivity contribution is -0.925. The summed E-state index contributed by atoms with van der Waals surface area (Å²) in [6, 6.07) is 6.34. The number of amides is 4. The Hall–Kier alpha value is -2.53. The highest BCUT2D eigenvalue weighted by Crippen LogP contribution is 2.29. The number of hydrogen-bond acceptors (Lipinski definition) is 5. The van der Waals surface area contributed by atoms with E-state index in [0.29, 0.717) is 11.4 Å². The van der Waals surface area contributed by atoms with Crippen molar-refractivity contribution in [1.82, 2.24) is 14.8 Å². The van der Waals surface area contributed by atoms with Crippen molar-refractivity contribution in [1.29, 1.82) is 0 Å². The third-order valence-corrected chi connectivity index (χ3v) is 6.08. The maximum Gasteiger partial charge on any atom is 0.406 e. The number of quaternary nitrogens is 1. The van der Waals surface area contributed by atoms with Gasteiger partial charge in [0.2, 0.25) is 0 Å². The van der Waals surface area contributed by atoms with Gasteiger partial charge in [0.25, 0.3) is 0 Å². The maximum atomic E-state index is 12.6. The van der Waals surface area contributed by atoms with Crippen molar-refractivity contribution in [2.75, 3.05) is 19.8 Å². The van der Waals surface area contributed by atoms with Crippen LogP contribution in [0.15, 0.2) is 24.3 Å². The Labute approximate surface area is 161 Å². The molecule has 1 unspecified atom stereocenters. The van der Waals surface area contributed by atoms with E-state index in [4.69, 9.17) is 0 Å². The third-order valence-electron chi connectivity index (χ3n) is 4.93. The number of thiazole rings is 1. The summed E-state index contributed by atoms with van der Waals surface area (Å²) in [5.41, 5.74) is 0.855. The standard InChI is InChI=1S/C17H15F3N4O3S/c18-17(19,20)8-23-14(25)15(26)24(16(23)27)9-22-7-3-5-11(22)13-21-10-4-1-2-6-12(10)28-13/h1-2,4,6,11H,3,5,7-9H2/p+1/t11-/m0/s1. The fourth-order valence-electron chi connectivity index (χ4n) is 3.65. The normalized spacial score (nSPS) is 23.5. The van der Waals surface area contributed by atoms with Crippen molar-refractivity contribution in [2.45, 2.75) is 25.1 Å². The molecule has 2 saturated heterocycles. The van der Waals surface area contributed by atoms with Crippen molar-refractivity contribution in [3.63, 3.8) is 0 Å². The van der Waals surface area contributed by atoms with Crippen molar-refractivity contribution in [2.24, 2.45) is 0 Å². The average molecular weight is 413 g/mol. The molecule has 7 nitrogen and oxygen atoms in total. The first kappa shape index (κ1) is 18.8. The number of para-hydroxylation sites is 1. The molecule has 4 rings (SSSR count). The second-order valence-corrected chi connectivity index (χ2v) is 7.87. The summed E-state index contributed by atoms with van der Waals surface area (Å²) in [7, 11) is 0. The Morgan fingerprint density at radius 1 is 1.14 bits per heavy atom. The van der Waals surface area contributed by atoms with Crippen molar-refractivity contribution in [3.05, 3.63) is 29.3 Å². The first-order chi connectivity index (χ1) is 13.2. The molecular formula is C17H16F3N4O3S+. The summed E-state index contributed by atoms with van der Waals surface area (Å²) in [6.45, 7) is -1.28. The molecular weight excluding hydrogens is 397 g/mol. The molecule has 2 aliphatic rings. The van der Waals surface area contributed by atoms with Gasteiger partial charge in [-0.15, -0.1) is 11.3 Å². The molecule has 2 fully saturated rings. The Kier molecular flexibility index (Phi) is 4.58. The molecule has 4 amide bonds. The van der Waals surface area contributed by atoms with Gasteiger partial charge in [-0.1, -0.05) is 12.1 Å². The minimum Gasteiger partial charge on any atom is -0.309 e. The molecule has 3 heterocycles. The van der Waals surface area contributed by atoms with E-state index in [-0.39, 0.29) is 17.6 Å².